The van der Waals surface area contributed by atoms with Gasteiger partial charge in [0.15, 0.2) is 0 Å². The van der Waals surface area contributed by atoms with Crippen molar-refractivity contribution in [3.8, 4) is 0 Å². The van der Waals surface area contributed by atoms with Crippen LogP contribution in [0, 0.1) is 0 Å². The van der Waals surface area contributed by atoms with Gasteiger partial charge in [-0.3, -0.25) is 4.79 Å². The molecule has 128 valence electrons. The molecule has 0 saturated carbocycles. The molecule has 0 aliphatic heterocycles. The molecule has 1 N–H and O–H groups in total. The molecule has 0 radical (unpaired) electrons. The van der Waals surface area contributed by atoms with Crippen LogP contribution in [0.15, 0.2) is 42.7 Å². The largest absolute Gasteiger partial charge is 0.360 e. The topological polar surface area (TPSA) is 58.1 Å². The number of hydrogen-bond donors (Lipinski definition) is 1. The van der Waals surface area contributed by atoms with Crippen molar-refractivity contribution in [2.75, 3.05) is 25.0 Å². The second kappa shape index (κ2) is 9.65. The fourth-order valence-electron chi connectivity index (χ4n) is 2.42. The first-order valence-corrected chi connectivity index (χ1v) is 8.56. The number of hydrogen-bond acceptors (Lipinski definition) is 4. The second-order valence-electron chi connectivity index (χ2n) is 5.88. The number of benzene rings is 1. The maximum absolute atomic E-state index is 12.2. The molecule has 0 aliphatic rings. The zero-order valence-corrected chi connectivity index (χ0v) is 14.5. The average molecular weight is 326 g/mol. The van der Waals surface area contributed by atoms with Crippen molar-refractivity contribution in [2.45, 2.75) is 32.6 Å². The van der Waals surface area contributed by atoms with E-state index in [0.717, 1.165) is 38.0 Å². The van der Waals surface area contributed by atoms with E-state index in [4.69, 9.17) is 0 Å². The lowest BCUT2D eigenvalue weighted by molar-refractivity contribution is 0.0948. The molecule has 0 fully saturated rings. The fourth-order valence-corrected chi connectivity index (χ4v) is 2.42. The number of nitrogens with one attached hydrogen (secondary N) is 1. The van der Waals surface area contributed by atoms with Crippen molar-refractivity contribution in [3.63, 3.8) is 0 Å². The highest BCUT2D eigenvalue weighted by atomic mass is 16.1. The molecule has 0 saturated heterocycles. The molecule has 2 aromatic rings. The van der Waals surface area contributed by atoms with Crippen molar-refractivity contribution in [1.82, 2.24) is 15.3 Å². The van der Waals surface area contributed by atoms with Crippen molar-refractivity contribution in [1.29, 1.82) is 0 Å². The summed E-state index contributed by atoms with van der Waals surface area (Å²) in [5.74, 6) is 0.642. The molecule has 5 nitrogen and oxygen atoms in total. The van der Waals surface area contributed by atoms with Gasteiger partial charge in [-0.1, -0.05) is 43.7 Å². The Morgan fingerprint density at radius 1 is 1.17 bits per heavy atom. The van der Waals surface area contributed by atoms with Gasteiger partial charge < -0.3 is 10.2 Å². The molecule has 0 spiro atoms. The van der Waals surface area contributed by atoms with E-state index in [-0.39, 0.29) is 5.91 Å². The molecule has 0 atom stereocenters. The van der Waals surface area contributed by atoms with Gasteiger partial charge >= 0.3 is 0 Å². The standard InChI is InChI=1S/C19H26N4O/c1-3-4-13-23(2)18-14-17(21-15-22-18)19(24)20-12-8-11-16-9-6-5-7-10-16/h5-7,9-10,14-15H,3-4,8,11-13H2,1-2H3,(H,20,24). The van der Waals surface area contributed by atoms with Gasteiger partial charge in [0.1, 0.15) is 17.8 Å². The summed E-state index contributed by atoms with van der Waals surface area (Å²) in [5, 5.41) is 2.93. The van der Waals surface area contributed by atoms with Gasteiger partial charge in [0.25, 0.3) is 5.91 Å². The van der Waals surface area contributed by atoms with Crippen LogP contribution in [0.2, 0.25) is 0 Å². The second-order valence-corrected chi connectivity index (χ2v) is 5.88. The Hall–Kier alpha value is -2.43. The molecule has 1 heterocycles. The Kier molecular flexibility index (Phi) is 7.21. The maximum atomic E-state index is 12.2. The number of amides is 1. The van der Waals surface area contributed by atoms with Gasteiger partial charge in [-0.25, -0.2) is 9.97 Å². The van der Waals surface area contributed by atoms with E-state index in [0.29, 0.717) is 12.2 Å². The number of nitrogens with zero attached hydrogens (tertiary/aromatic N) is 3. The molecular formula is C19H26N4O. The van der Waals surface area contributed by atoms with E-state index in [1.165, 1.54) is 11.9 Å². The van der Waals surface area contributed by atoms with Crippen LogP contribution in [0.5, 0.6) is 0 Å². The quantitative estimate of drug-likeness (QED) is 0.720. The fraction of sp³-hybridized carbons (Fsp3) is 0.421. The van der Waals surface area contributed by atoms with Crippen LogP contribution in [0.4, 0.5) is 5.82 Å². The number of aryl methyl sites for hydroxylation is 1. The van der Waals surface area contributed by atoms with Crippen LogP contribution < -0.4 is 10.2 Å². The third-order valence-corrected chi connectivity index (χ3v) is 3.89. The first kappa shape index (κ1) is 17.9. The molecule has 1 amide bonds. The van der Waals surface area contributed by atoms with Gasteiger partial charge in [-0.15, -0.1) is 0 Å². The van der Waals surface area contributed by atoms with Crippen LogP contribution in [0.3, 0.4) is 0 Å². The first-order valence-electron chi connectivity index (χ1n) is 8.56. The normalized spacial score (nSPS) is 10.4. The molecule has 0 bridgehead atoms. The third kappa shape index (κ3) is 5.65. The molecule has 24 heavy (non-hydrogen) atoms. The molecule has 1 aromatic carbocycles. The lowest BCUT2D eigenvalue weighted by atomic mass is 10.1. The van der Waals surface area contributed by atoms with E-state index in [1.807, 2.05) is 25.2 Å². The van der Waals surface area contributed by atoms with Gasteiger partial charge in [0.05, 0.1) is 0 Å². The number of anilines is 1. The molecule has 2 rings (SSSR count). The summed E-state index contributed by atoms with van der Waals surface area (Å²) >= 11 is 0. The Bertz CT molecular complexity index is 630. The van der Waals surface area contributed by atoms with Crippen LogP contribution in [0.1, 0.15) is 42.2 Å². The summed E-state index contributed by atoms with van der Waals surface area (Å²) < 4.78 is 0. The predicted octanol–water partition coefficient (Wildman–Crippen LogP) is 3.08. The van der Waals surface area contributed by atoms with Crippen LogP contribution >= 0.6 is 0 Å². The van der Waals surface area contributed by atoms with Crippen molar-refractivity contribution >= 4 is 11.7 Å². The molecule has 1 aromatic heterocycles. The van der Waals surface area contributed by atoms with Gasteiger partial charge in [0, 0.05) is 26.2 Å². The van der Waals surface area contributed by atoms with E-state index < -0.39 is 0 Å². The summed E-state index contributed by atoms with van der Waals surface area (Å²) in [4.78, 5) is 22.6. The summed E-state index contributed by atoms with van der Waals surface area (Å²) in [5.41, 5.74) is 1.71. The van der Waals surface area contributed by atoms with Gasteiger partial charge in [-0.05, 0) is 24.8 Å². The lowest BCUT2D eigenvalue weighted by Gasteiger charge is -2.17. The average Bonchev–Trinajstić information content (AvgIpc) is 2.64. The number of rotatable bonds is 9. The molecular weight excluding hydrogens is 300 g/mol. The number of carbonyl (C=O) groups excluding carboxylic acids is 1. The summed E-state index contributed by atoms with van der Waals surface area (Å²) in [7, 11) is 1.99. The Labute approximate surface area is 144 Å². The molecule has 5 heteroatoms. The third-order valence-electron chi connectivity index (χ3n) is 3.89. The van der Waals surface area contributed by atoms with E-state index in [9.17, 15) is 4.79 Å². The lowest BCUT2D eigenvalue weighted by Crippen LogP contribution is -2.27. The Morgan fingerprint density at radius 2 is 1.96 bits per heavy atom. The number of aromatic nitrogens is 2. The smallest absolute Gasteiger partial charge is 0.270 e. The Morgan fingerprint density at radius 3 is 2.71 bits per heavy atom. The zero-order chi connectivity index (χ0) is 17.2. The van der Waals surface area contributed by atoms with Crippen LogP contribution in [-0.4, -0.2) is 36.0 Å². The molecule has 0 aliphatic carbocycles. The zero-order valence-electron chi connectivity index (χ0n) is 14.5. The summed E-state index contributed by atoms with van der Waals surface area (Å²) in [6, 6.07) is 12.0. The first-order chi connectivity index (χ1) is 11.7. The van der Waals surface area contributed by atoms with E-state index in [2.05, 4.69) is 39.2 Å². The minimum atomic E-state index is -0.143. The van der Waals surface area contributed by atoms with Crippen molar-refractivity contribution in [2.24, 2.45) is 0 Å². The number of unbranched alkanes of at least 4 members (excludes halogenated alkanes) is 1. The highest BCUT2D eigenvalue weighted by Crippen LogP contribution is 2.10. The highest BCUT2D eigenvalue weighted by molar-refractivity contribution is 5.92. The minimum absolute atomic E-state index is 0.143. The minimum Gasteiger partial charge on any atom is -0.360 e. The van der Waals surface area contributed by atoms with E-state index >= 15 is 0 Å². The van der Waals surface area contributed by atoms with Crippen molar-refractivity contribution in [3.05, 3.63) is 54.0 Å². The maximum Gasteiger partial charge on any atom is 0.270 e. The molecule has 0 unspecified atom stereocenters. The SMILES string of the molecule is CCCCN(C)c1cc(C(=O)NCCCc2ccccc2)ncn1. The highest BCUT2D eigenvalue weighted by Gasteiger charge is 2.10. The van der Waals surface area contributed by atoms with E-state index in [1.54, 1.807) is 6.07 Å². The van der Waals surface area contributed by atoms with Crippen LogP contribution in [0.25, 0.3) is 0 Å². The van der Waals surface area contributed by atoms with Crippen molar-refractivity contribution < 1.29 is 4.79 Å². The van der Waals surface area contributed by atoms with Crippen LogP contribution in [-0.2, 0) is 6.42 Å². The Balaban J connectivity index is 1.81. The van der Waals surface area contributed by atoms with Gasteiger partial charge in [-0.2, -0.15) is 0 Å². The van der Waals surface area contributed by atoms with Gasteiger partial charge in [0.2, 0.25) is 0 Å². The monoisotopic (exact) mass is 326 g/mol. The summed E-state index contributed by atoms with van der Waals surface area (Å²) in [6.45, 7) is 3.71. The number of carbonyl (C=O) groups is 1. The summed E-state index contributed by atoms with van der Waals surface area (Å²) in [6.07, 6.45) is 5.54. The predicted molar refractivity (Wildman–Crippen MR) is 97.3 cm³/mol.